The standard InChI is InChI=1S/C19H21N5O3/c1-12-4-6-14(7-5-12)17-8-16(18(26)21-13(2)11-25)19(27)24(22-17)15-9-20-23(3)10-15/h4-10,13,25H,11H2,1-3H3,(H,21,26). The van der Waals surface area contributed by atoms with Gasteiger partial charge in [-0.15, -0.1) is 0 Å². The minimum absolute atomic E-state index is 0.0512. The lowest BCUT2D eigenvalue weighted by atomic mass is 10.1. The molecule has 0 fully saturated rings. The number of aliphatic hydroxyl groups excluding tert-OH is 1. The Kier molecular flexibility index (Phi) is 5.18. The van der Waals surface area contributed by atoms with E-state index in [2.05, 4.69) is 15.5 Å². The van der Waals surface area contributed by atoms with Crippen LogP contribution in [0.4, 0.5) is 0 Å². The van der Waals surface area contributed by atoms with Crippen LogP contribution in [0, 0.1) is 6.92 Å². The first-order valence-corrected chi connectivity index (χ1v) is 8.51. The van der Waals surface area contributed by atoms with Gasteiger partial charge in [0.15, 0.2) is 0 Å². The third kappa shape index (κ3) is 3.95. The maximum atomic E-state index is 12.9. The zero-order valence-corrected chi connectivity index (χ0v) is 15.4. The Labute approximate surface area is 156 Å². The molecule has 2 N–H and O–H groups in total. The fourth-order valence-electron chi connectivity index (χ4n) is 2.56. The Bertz CT molecular complexity index is 1020. The zero-order valence-electron chi connectivity index (χ0n) is 15.4. The summed E-state index contributed by atoms with van der Waals surface area (Å²) in [6.45, 7) is 3.40. The second-order valence-electron chi connectivity index (χ2n) is 6.46. The fourth-order valence-corrected chi connectivity index (χ4v) is 2.56. The highest BCUT2D eigenvalue weighted by Gasteiger charge is 2.19. The van der Waals surface area contributed by atoms with Crippen LogP contribution in [0.15, 0.2) is 47.5 Å². The van der Waals surface area contributed by atoms with Crippen molar-refractivity contribution in [1.29, 1.82) is 0 Å². The Morgan fingerprint density at radius 2 is 2.00 bits per heavy atom. The zero-order chi connectivity index (χ0) is 19.6. The minimum atomic E-state index is -0.560. The predicted molar refractivity (Wildman–Crippen MR) is 101 cm³/mol. The summed E-state index contributed by atoms with van der Waals surface area (Å²) < 4.78 is 2.72. The van der Waals surface area contributed by atoms with Crippen molar-refractivity contribution < 1.29 is 9.90 Å². The monoisotopic (exact) mass is 367 g/mol. The molecule has 1 atom stereocenters. The van der Waals surface area contributed by atoms with E-state index in [-0.39, 0.29) is 12.2 Å². The van der Waals surface area contributed by atoms with Gasteiger partial charge in [-0.05, 0) is 19.9 Å². The highest BCUT2D eigenvalue weighted by molar-refractivity contribution is 5.95. The number of benzene rings is 1. The molecular weight excluding hydrogens is 346 g/mol. The predicted octanol–water partition coefficient (Wildman–Crippen LogP) is 1.05. The number of carbonyl (C=O) groups is 1. The summed E-state index contributed by atoms with van der Waals surface area (Å²) in [6.07, 6.45) is 3.15. The fraction of sp³-hybridized carbons (Fsp3) is 0.263. The van der Waals surface area contributed by atoms with E-state index in [0.29, 0.717) is 11.4 Å². The van der Waals surface area contributed by atoms with Crippen LogP contribution in [0.25, 0.3) is 16.9 Å². The molecule has 0 saturated carbocycles. The second-order valence-corrected chi connectivity index (χ2v) is 6.46. The maximum Gasteiger partial charge on any atom is 0.284 e. The van der Waals surface area contributed by atoms with Gasteiger partial charge in [0.2, 0.25) is 0 Å². The number of carbonyl (C=O) groups excluding carboxylic acids is 1. The van der Waals surface area contributed by atoms with Gasteiger partial charge in [0.25, 0.3) is 11.5 Å². The average Bonchev–Trinajstić information content (AvgIpc) is 3.08. The maximum absolute atomic E-state index is 12.9. The molecule has 1 amide bonds. The lowest BCUT2D eigenvalue weighted by Gasteiger charge is -2.13. The van der Waals surface area contributed by atoms with Crippen molar-refractivity contribution in [3.8, 4) is 16.9 Å². The SMILES string of the molecule is Cc1ccc(-c2cc(C(=O)NC(C)CO)c(=O)n(-c3cnn(C)c3)n2)cc1. The third-order valence-corrected chi connectivity index (χ3v) is 4.09. The summed E-state index contributed by atoms with van der Waals surface area (Å²) in [5.41, 5.74) is 2.21. The van der Waals surface area contributed by atoms with Gasteiger partial charge in [0.05, 0.1) is 24.7 Å². The molecule has 0 aliphatic carbocycles. The van der Waals surface area contributed by atoms with Gasteiger partial charge in [0, 0.05) is 18.7 Å². The van der Waals surface area contributed by atoms with Gasteiger partial charge < -0.3 is 10.4 Å². The van der Waals surface area contributed by atoms with Crippen LogP contribution in [0.3, 0.4) is 0 Å². The number of amides is 1. The third-order valence-electron chi connectivity index (χ3n) is 4.09. The molecule has 8 nitrogen and oxygen atoms in total. The van der Waals surface area contributed by atoms with Gasteiger partial charge in [-0.25, -0.2) is 0 Å². The lowest BCUT2D eigenvalue weighted by Crippen LogP contribution is -2.39. The molecule has 0 radical (unpaired) electrons. The van der Waals surface area contributed by atoms with E-state index in [1.807, 2.05) is 31.2 Å². The normalized spacial score (nSPS) is 12.0. The summed E-state index contributed by atoms with van der Waals surface area (Å²) in [6, 6.07) is 8.63. The second kappa shape index (κ2) is 7.55. The smallest absolute Gasteiger partial charge is 0.284 e. The van der Waals surface area contributed by atoms with Crippen LogP contribution in [0.1, 0.15) is 22.8 Å². The Morgan fingerprint density at radius 3 is 2.59 bits per heavy atom. The molecular formula is C19H21N5O3. The number of nitrogens with one attached hydrogen (secondary N) is 1. The first kappa shape index (κ1) is 18.5. The Balaban J connectivity index is 2.17. The van der Waals surface area contributed by atoms with Crippen LogP contribution < -0.4 is 10.9 Å². The van der Waals surface area contributed by atoms with E-state index in [1.54, 1.807) is 24.9 Å². The van der Waals surface area contributed by atoms with Crippen LogP contribution in [0.2, 0.25) is 0 Å². The van der Waals surface area contributed by atoms with Crippen molar-refractivity contribution in [3.05, 3.63) is 64.2 Å². The summed E-state index contributed by atoms with van der Waals surface area (Å²) >= 11 is 0. The van der Waals surface area contributed by atoms with E-state index in [9.17, 15) is 14.7 Å². The van der Waals surface area contributed by atoms with E-state index in [4.69, 9.17) is 0 Å². The minimum Gasteiger partial charge on any atom is -0.394 e. The Morgan fingerprint density at radius 1 is 1.30 bits per heavy atom. The summed E-state index contributed by atoms with van der Waals surface area (Å²) in [5.74, 6) is -0.560. The first-order valence-electron chi connectivity index (χ1n) is 8.51. The number of rotatable bonds is 5. The van der Waals surface area contributed by atoms with Crippen molar-refractivity contribution in [2.45, 2.75) is 19.9 Å². The lowest BCUT2D eigenvalue weighted by molar-refractivity contribution is 0.0920. The first-order chi connectivity index (χ1) is 12.9. The largest absolute Gasteiger partial charge is 0.394 e. The topological polar surface area (TPSA) is 102 Å². The summed E-state index contributed by atoms with van der Waals surface area (Å²) in [5, 5.41) is 20.3. The molecule has 0 spiro atoms. The highest BCUT2D eigenvalue weighted by Crippen LogP contribution is 2.18. The van der Waals surface area contributed by atoms with Crippen LogP contribution in [-0.4, -0.2) is 43.2 Å². The number of nitrogens with zero attached hydrogens (tertiary/aromatic N) is 4. The molecule has 2 heterocycles. The van der Waals surface area contributed by atoms with Gasteiger partial charge in [-0.1, -0.05) is 29.8 Å². The van der Waals surface area contributed by atoms with Crippen molar-refractivity contribution in [2.24, 2.45) is 7.05 Å². The van der Waals surface area contributed by atoms with Crippen molar-refractivity contribution in [1.82, 2.24) is 24.9 Å². The molecule has 0 saturated heterocycles. The number of aromatic nitrogens is 4. The van der Waals surface area contributed by atoms with Gasteiger partial charge >= 0.3 is 0 Å². The summed E-state index contributed by atoms with van der Waals surface area (Å²) in [4.78, 5) is 25.4. The van der Waals surface area contributed by atoms with E-state index in [1.165, 1.54) is 16.9 Å². The van der Waals surface area contributed by atoms with E-state index >= 15 is 0 Å². The molecule has 3 aromatic rings. The van der Waals surface area contributed by atoms with Crippen LogP contribution >= 0.6 is 0 Å². The Hall–Kier alpha value is -3.26. The molecule has 0 aliphatic rings. The quantitative estimate of drug-likeness (QED) is 0.702. The summed E-state index contributed by atoms with van der Waals surface area (Å²) in [7, 11) is 1.73. The van der Waals surface area contributed by atoms with E-state index in [0.717, 1.165) is 11.1 Å². The molecule has 1 unspecified atom stereocenters. The van der Waals surface area contributed by atoms with Crippen molar-refractivity contribution in [2.75, 3.05) is 6.61 Å². The van der Waals surface area contributed by atoms with Crippen LogP contribution in [0.5, 0.6) is 0 Å². The average molecular weight is 367 g/mol. The number of hydrogen-bond acceptors (Lipinski definition) is 5. The molecule has 3 rings (SSSR count). The molecule has 140 valence electrons. The number of hydrogen-bond donors (Lipinski definition) is 2. The van der Waals surface area contributed by atoms with Gasteiger partial charge in [-0.2, -0.15) is 14.9 Å². The van der Waals surface area contributed by atoms with Crippen molar-refractivity contribution in [3.63, 3.8) is 0 Å². The van der Waals surface area contributed by atoms with E-state index < -0.39 is 17.5 Å². The van der Waals surface area contributed by atoms with Crippen LogP contribution in [-0.2, 0) is 7.05 Å². The van der Waals surface area contributed by atoms with Gasteiger partial charge in [0.1, 0.15) is 11.3 Å². The molecule has 1 aromatic carbocycles. The molecule has 0 aliphatic heterocycles. The molecule has 27 heavy (non-hydrogen) atoms. The molecule has 2 aromatic heterocycles. The highest BCUT2D eigenvalue weighted by atomic mass is 16.3. The van der Waals surface area contributed by atoms with Crippen molar-refractivity contribution >= 4 is 5.91 Å². The number of aryl methyl sites for hydroxylation is 2. The van der Waals surface area contributed by atoms with Gasteiger partial charge in [-0.3, -0.25) is 14.3 Å². The molecule has 0 bridgehead atoms. The molecule has 8 heteroatoms. The number of aliphatic hydroxyl groups is 1.